The average molecular weight is 329 g/mol. The molecule has 0 radical (unpaired) electrons. The Labute approximate surface area is 137 Å². The van der Waals surface area contributed by atoms with Gasteiger partial charge in [0, 0.05) is 11.8 Å². The Kier molecular flexibility index (Phi) is 4.93. The van der Waals surface area contributed by atoms with E-state index in [1.807, 2.05) is 0 Å². The molecule has 3 aromatic rings. The lowest BCUT2D eigenvalue weighted by Gasteiger charge is -2.13. The first-order chi connectivity index (χ1) is 11.6. The second-order valence-electron chi connectivity index (χ2n) is 5.34. The highest BCUT2D eigenvalue weighted by Gasteiger charge is 2.10. The summed E-state index contributed by atoms with van der Waals surface area (Å²) >= 11 is 0. The van der Waals surface area contributed by atoms with E-state index in [4.69, 9.17) is 4.74 Å². The molecule has 1 aromatic carbocycles. The van der Waals surface area contributed by atoms with Gasteiger partial charge in [-0.15, -0.1) is 0 Å². The predicted molar refractivity (Wildman–Crippen MR) is 85.9 cm³/mol. The second-order valence-corrected chi connectivity index (χ2v) is 5.34. The summed E-state index contributed by atoms with van der Waals surface area (Å²) in [6, 6.07) is 9.57. The van der Waals surface area contributed by atoms with Gasteiger partial charge in [-0.1, -0.05) is 18.2 Å². The highest BCUT2D eigenvalue weighted by molar-refractivity contribution is 5.72. The van der Waals surface area contributed by atoms with Gasteiger partial charge in [-0.05, 0) is 18.2 Å². The van der Waals surface area contributed by atoms with E-state index in [2.05, 4.69) is 9.97 Å². The van der Waals surface area contributed by atoms with Gasteiger partial charge in [-0.25, -0.2) is 14.4 Å². The number of hydrogen-bond acceptors (Lipinski definition) is 5. The molecule has 0 fully saturated rings. The highest BCUT2D eigenvalue weighted by atomic mass is 19.1. The van der Waals surface area contributed by atoms with Gasteiger partial charge in [0.25, 0.3) is 5.56 Å². The van der Waals surface area contributed by atoms with Gasteiger partial charge < -0.3 is 9.84 Å². The van der Waals surface area contributed by atoms with E-state index in [1.165, 1.54) is 17.0 Å². The summed E-state index contributed by atoms with van der Waals surface area (Å²) in [6.45, 7) is 0.0678. The summed E-state index contributed by atoms with van der Waals surface area (Å²) in [5.74, 6) is -0.352. The first-order valence-electron chi connectivity index (χ1n) is 7.44. The Morgan fingerprint density at radius 2 is 2.04 bits per heavy atom. The quantitative estimate of drug-likeness (QED) is 0.742. The Morgan fingerprint density at radius 1 is 1.21 bits per heavy atom. The van der Waals surface area contributed by atoms with E-state index < -0.39 is 6.10 Å². The molecule has 1 N–H and O–H groups in total. The van der Waals surface area contributed by atoms with E-state index in [1.54, 1.807) is 36.5 Å². The second kappa shape index (κ2) is 7.29. The maximum atomic E-state index is 13.5. The number of nitrogens with zero attached hydrogens (tertiary/aromatic N) is 3. The maximum Gasteiger partial charge on any atom is 0.262 e. The Balaban J connectivity index is 1.61. The van der Waals surface area contributed by atoms with Crippen LogP contribution in [0.4, 0.5) is 4.39 Å². The first-order valence-corrected chi connectivity index (χ1v) is 7.44. The van der Waals surface area contributed by atoms with Crippen LogP contribution in [0.1, 0.15) is 5.56 Å². The fourth-order valence-electron chi connectivity index (χ4n) is 2.33. The molecule has 0 aliphatic heterocycles. The molecule has 3 rings (SSSR count). The zero-order chi connectivity index (χ0) is 16.9. The summed E-state index contributed by atoms with van der Waals surface area (Å²) in [6.07, 6.45) is 1.99. The van der Waals surface area contributed by atoms with Crippen LogP contribution in [-0.4, -0.2) is 32.4 Å². The number of aromatic nitrogens is 3. The zero-order valence-electron chi connectivity index (χ0n) is 12.8. The molecule has 0 aliphatic rings. The minimum absolute atomic E-state index is 0.0220. The zero-order valence-corrected chi connectivity index (χ0v) is 12.8. The van der Waals surface area contributed by atoms with E-state index in [0.717, 1.165) is 0 Å². The Bertz CT molecular complexity index is 897. The Hall–Kier alpha value is -2.64. The fourth-order valence-corrected chi connectivity index (χ4v) is 2.33. The van der Waals surface area contributed by atoms with Crippen molar-refractivity contribution in [3.63, 3.8) is 0 Å². The Morgan fingerprint density at radius 3 is 2.88 bits per heavy atom. The normalized spacial score (nSPS) is 12.4. The molecule has 0 saturated carbocycles. The molecule has 24 heavy (non-hydrogen) atoms. The summed E-state index contributed by atoms with van der Waals surface area (Å²) in [7, 11) is 0. The van der Waals surface area contributed by atoms with Crippen molar-refractivity contribution in [2.45, 2.75) is 19.3 Å². The molecule has 0 saturated heterocycles. The summed E-state index contributed by atoms with van der Waals surface area (Å²) < 4.78 is 20.1. The van der Waals surface area contributed by atoms with E-state index in [9.17, 15) is 14.3 Å². The molecule has 0 unspecified atom stereocenters. The van der Waals surface area contributed by atoms with Crippen LogP contribution < -0.4 is 5.56 Å². The maximum absolute atomic E-state index is 13.5. The van der Waals surface area contributed by atoms with E-state index in [0.29, 0.717) is 16.6 Å². The molecular formula is C17H16FN3O3. The van der Waals surface area contributed by atoms with Gasteiger partial charge in [0.2, 0.25) is 0 Å². The number of rotatable bonds is 6. The molecule has 1 atom stereocenters. The largest absolute Gasteiger partial charge is 0.389 e. The van der Waals surface area contributed by atoms with Crippen molar-refractivity contribution in [1.82, 2.24) is 14.5 Å². The lowest BCUT2D eigenvalue weighted by molar-refractivity contribution is 0.0189. The van der Waals surface area contributed by atoms with Crippen molar-refractivity contribution in [2.24, 2.45) is 0 Å². The molecule has 2 heterocycles. The standard InChI is InChI=1S/C17H16FN3O3/c18-15-6-2-1-4-12(15)9-24-10-13(22)8-21-11-20-16-14(17(21)23)5-3-7-19-16/h1-7,11,13,22H,8-10H2/t13-/m0/s1. The predicted octanol–water partition coefficient (Wildman–Crippen LogP) is 1.51. The minimum Gasteiger partial charge on any atom is -0.389 e. The first kappa shape index (κ1) is 16.2. The monoisotopic (exact) mass is 329 g/mol. The van der Waals surface area contributed by atoms with Crippen LogP contribution in [0.5, 0.6) is 0 Å². The van der Waals surface area contributed by atoms with Crippen molar-refractivity contribution >= 4 is 11.0 Å². The molecule has 6 nitrogen and oxygen atoms in total. The summed E-state index contributed by atoms with van der Waals surface area (Å²) in [5.41, 5.74) is 0.505. The van der Waals surface area contributed by atoms with Crippen LogP contribution in [0, 0.1) is 5.82 Å². The summed E-state index contributed by atoms with van der Waals surface area (Å²) in [4.78, 5) is 20.4. The van der Waals surface area contributed by atoms with Crippen molar-refractivity contribution in [2.75, 3.05) is 6.61 Å². The topological polar surface area (TPSA) is 77.2 Å². The third-order valence-corrected chi connectivity index (χ3v) is 3.53. The van der Waals surface area contributed by atoms with Crippen molar-refractivity contribution < 1.29 is 14.2 Å². The SMILES string of the molecule is O=c1c2cccnc2ncn1C[C@H](O)COCc1ccccc1F. The molecule has 0 bridgehead atoms. The van der Waals surface area contributed by atoms with Crippen molar-refractivity contribution in [3.05, 3.63) is 70.7 Å². The molecule has 0 amide bonds. The van der Waals surface area contributed by atoms with Crippen LogP contribution in [0.25, 0.3) is 11.0 Å². The molecule has 0 spiro atoms. The number of ether oxygens (including phenoxy) is 1. The lowest BCUT2D eigenvalue weighted by atomic mass is 10.2. The van der Waals surface area contributed by atoms with Crippen LogP contribution in [0.3, 0.4) is 0 Å². The average Bonchev–Trinajstić information content (AvgIpc) is 2.59. The van der Waals surface area contributed by atoms with E-state index >= 15 is 0 Å². The smallest absolute Gasteiger partial charge is 0.262 e. The van der Waals surface area contributed by atoms with Gasteiger partial charge in [-0.3, -0.25) is 9.36 Å². The molecule has 124 valence electrons. The molecular weight excluding hydrogens is 313 g/mol. The van der Waals surface area contributed by atoms with Crippen LogP contribution >= 0.6 is 0 Å². The van der Waals surface area contributed by atoms with E-state index in [-0.39, 0.29) is 31.1 Å². The number of fused-ring (bicyclic) bond motifs is 1. The number of aliphatic hydroxyl groups excluding tert-OH is 1. The van der Waals surface area contributed by atoms with Gasteiger partial charge in [-0.2, -0.15) is 0 Å². The van der Waals surface area contributed by atoms with Gasteiger partial charge in [0.05, 0.1) is 31.2 Å². The molecule has 0 aliphatic carbocycles. The number of benzene rings is 1. The van der Waals surface area contributed by atoms with Crippen molar-refractivity contribution in [3.8, 4) is 0 Å². The number of halogens is 1. The van der Waals surface area contributed by atoms with Gasteiger partial charge >= 0.3 is 0 Å². The number of hydrogen-bond donors (Lipinski definition) is 1. The lowest BCUT2D eigenvalue weighted by Crippen LogP contribution is -2.29. The van der Waals surface area contributed by atoms with Crippen LogP contribution in [0.2, 0.25) is 0 Å². The van der Waals surface area contributed by atoms with Crippen molar-refractivity contribution in [1.29, 1.82) is 0 Å². The molecule has 7 heteroatoms. The van der Waals surface area contributed by atoms with Crippen LogP contribution in [0.15, 0.2) is 53.7 Å². The fraction of sp³-hybridized carbons (Fsp3) is 0.235. The highest BCUT2D eigenvalue weighted by Crippen LogP contribution is 2.08. The summed E-state index contributed by atoms with van der Waals surface area (Å²) in [5, 5.41) is 10.4. The molecule has 2 aromatic heterocycles. The van der Waals surface area contributed by atoms with Gasteiger partial charge in [0.1, 0.15) is 12.1 Å². The third kappa shape index (κ3) is 3.64. The van der Waals surface area contributed by atoms with Gasteiger partial charge in [0.15, 0.2) is 5.65 Å². The third-order valence-electron chi connectivity index (χ3n) is 3.53. The number of pyridine rings is 1. The number of aliphatic hydroxyl groups is 1. The van der Waals surface area contributed by atoms with Crippen LogP contribution in [-0.2, 0) is 17.9 Å². The minimum atomic E-state index is -0.912.